The first-order chi connectivity index (χ1) is 42.5. The standard InChI is InChI=1S/C51H83N17O22S/c1-22(2)39(49(88)67-40(23(3)4)50(89)90)66-48(87)31-9-7-13-68(31)35(73)19-56-32(70)16-58-44(83)29(20-69)64-46(85)28(15-38(78)79)62-34(72)18-59-43(82)26(10-11-36(74)75)63-47(86)30(21-91)65-41(80)24(5)60-45(84)27(14-37(76)77)61-33(71)17-57-42(81)25(52)8-6-12-55-51(53)54/h22-31,39-40,69,91H,6-21,52H2,1-5H3,(H,56,70)(H,57,81)(H,58,83)(H,59,82)(H,60,84)(H,61,71)(H,62,72)(H,63,86)(H,64,85)(H,65,80)(H,66,87)(H,67,88)(H,74,75)(H,76,77)(H,78,79)(H,89,90)(H4,53,54,55)/t24-,25-,26-,27-,28-,29-,30-,31-,39-,40-/m0/s1. The second-order valence-electron chi connectivity index (χ2n) is 21.2. The number of hydrogen-bond acceptors (Lipinski definition) is 21. The van der Waals surface area contributed by atoms with E-state index in [4.69, 9.17) is 17.2 Å². The van der Waals surface area contributed by atoms with Gasteiger partial charge < -0.3 is 111 Å². The monoisotopic (exact) mass is 1320 g/mol. The van der Waals surface area contributed by atoms with Gasteiger partial charge >= 0.3 is 23.9 Å². The van der Waals surface area contributed by atoms with Gasteiger partial charge in [-0.1, -0.05) is 27.7 Å². The van der Waals surface area contributed by atoms with Gasteiger partial charge in [0.05, 0.1) is 51.7 Å². The molecule has 1 aliphatic heterocycles. The third kappa shape index (κ3) is 30.1. The lowest BCUT2D eigenvalue weighted by Crippen LogP contribution is -2.59. The van der Waals surface area contributed by atoms with Crippen LogP contribution in [0.15, 0.2) is 4.99 Å². The lowest BCUT2D eigenvalue weighted by molar-refractivity contribution is -0.144. The number of carbonyl (C=O) groups is 17. The normalized spacial score (nSPS) is 15.5. The number of carbonyl (C=O) groups excluding carboxylic acids is 13. The fourth-order valence-corrected chi connectivity index (χ4v) is 8.41. The molecule has 0 bridgehead atoms. The zero-order valence-electron chi connectivity index (χ0n) is 50.5. The van der Waals surface area contributed by atoms with Crippen LogP contribution in [0.25, 0.3) is 0 Å². The van der Waals surface area contributed by atoms with E-state index in [1.54, 1.807) is 27.7 Å². The third-order valence-corrected chi connectivity index (χ3v) is 13.5. The van der Waals surface area contributed by atoms with Crippen molar-refractivity contribution in [3.63, 3.8) is 0 Å². The number of guanidine groups is 1. The van der Waals surface area contributed by atoms with Crippen LogP contribution in [0.5, 0.6) is 0 Å². The van der Waals surface area contributed by atoms with Crippen molar-refractivity contribution in [2.75, 3.05) is 51.6 Å². The molecule has 0 radical (unpaired) electrons. The number of likely N-dealkylation sites (tertiary alicyclic amines) is 1. The summed E-state index contributed by atoms with van der Waals surface area (Å²) in [7, 11) is 0. The molecule has 510 valence electrons. The van der Waals surface area contributed by atoms with Gasteiger partial charge in [0.15, 0.2) is 5.96 Å². The van der Waals surface area contributed by atoms with E-state index in [1.807, 2.05) is 10.6 Å². The average Bonchev–Trinajstić information content (AvgIpc) is 1.96. The predicted molar refractivity (Wildman–Crippen MR) is 315 cm³/mol. The lowest BCUT2D eigenvalue weighted by Gasteiger charge is -2.29. The highest BCUT2D eigenvalue weighted by molar-refractivity contribution is 7.80. The molecule has 0 saturated carbocycles. The molecule has 0 aromatic carbocycles. The van der Waals surface area contributed by atoms with Crippen LogP contribution in [0.2, 0.25) is 0 Å². The molecule has 13 amide bonds. The van der Waals surface area contributed by atoms with Crippen LogP contribution in [-0.4, -0.2) is 249 Å². The van der Waals surface area contributed by atoms with Crippen LogP contribution in [-0.2, 0) is 81.5 Å². The van der Waals surface area contributed by atoms with E-state index in [1.165, 1.54) is 0 Å². The Morgan fingerprint density at radius 1 is 0.527 bits per heavy atom. The number of nitrogens with zero attached hydrogens (tertiary/aromatic N) is 2. The smallest absolute Gasteiger partial charge is 0.326 e. The molecule has 1 rings (SSSR count). The Balaban J connectivity index is 2.92. The Kier molecular flexibility index (Phi) is 35.2. The van der Waals surface area contributed by atoms with E-state index < -0.39 is 237 Å². The number of aliphatic hydroxyl groups is 1. The van der Waals surface area contributed by atoms with Crippen molar-refractivity contribution in [1.29, 1.82) is 0 Å². The maximum absolute atomic E-state index is 13.4. The predicted octanol–water partition coefficient (Wildman–Crippen LogP) is -10.1. The molecule has 0 spiro atoms. The number of rotatable bonds is 41. The molecule has 1 heterocycles. The van der Waals surface area contributed by atoms with E-state index in [0.29, 0.717) is 12.8 Å². The van der Waals surface area contributed by atoms with Crippen molar-refractivity contribution in [3.8, 4) is 0 Å². The van der Waals surface area contributed by atoms with Gasteiger partial charge in [0.2, 0.25) is 76.8 Å². The maximum Gasteiger partial charge on any atom is 0.326 e. The fraction of sp³-hybridized carbons (Fsp3) is 0.647. The van der Waals surface area contributed by atoms with E-state index >= 15 is 0 Å². The zero-order valence-corrected chi connectivity index (χ0v) is 51.4. The number of aliphatic hydroxyl groups excluding tert-OH is 1. The van der Waals surface area contributed by atoms with Crippen molar-refractivity contribution < 1.29 is 107 Å². The molecule has 40 heteroatoms. The van der Waals surface area contributed by atoms with Crippen LogP contribution in [0.3, 0.4) is 0 Å². The summed E-state index contributed by atoms with van der Waals surface area (Å²) in [6.07, 6.45) is -2.58. The second kappa shape index (κ2) is 40.2. The Morgan fingerprint density at radius 3 is 1.52 bits per heavy atom. The highest BCUT2D eigenvalue weighted by atomic mass is 32.1. The Hall–Kier alpha value is -9.47. The summed E-state index contributed by atoms with van der Waals surface area (Å²) in [5, 5.41) is 73.9. The molecule has 23 N–H and O–H groups in total. The van der Waals surface area contributed by atoms with Crippen molar-refractivity contribution in [2.45, 2.75) is 146 Å². The van der Waals surface area contributed by atoms with Gasteiger partial charge in [0, 0.05) is 25.3 Å². The molecule has 0 aromatic rings. The molecule has 1 saturated heterocycles. The summed E-state index contributed by atoms with van der Waals surface area (Å²) < 4.78 is 0. The van der Waals surface area contributed by atoms with Gasteiger partial charge in [-0.25, -0.2) is 4.79 Å². The first kappa shape index (κ1) is 79.5. The van der Waals surface area contributed by atoms with Crippen molar-refractivity contribution in [1.82, 2.24) is 68.7 Å². The SMILES string of the molecule is CC(C)[C@H](NC(=O)[C@@H](NC(=O)[C@@H]1CCCN1C(=O)CNC(=O)CNC(=O)[C@H](CO)NC(=O)[C@H](CC(=O)O)NC(=O)CNC(=O)[C@H](CCC(=O)O)NC(=O)[C@H](CS)NC(=O)[C@H](C)NC(=O)[C@H](CC(=O)O)NC(=O)CNC(=O)[C@@H](N)CCCN=C(N)N)C(C)C)C(=O)O. The molecule has 39 nitrogen and oxygen atoms in total. The Morgan fingerprint density at radius 2 is 1.02 bits per heavy atom. The van der Waals surface area contributed by atoms with E-state index in [2.05, 4.69) is 70.8 Å². The topological polar surface area (TPSA) is 629 Å². The minimum Gasteiger partial charge on any atom is -0.481 e. The molecule has 1 aliphatic rings. The fourth-order valence-electron chi connectivity index (χ4n) is 8.15. The summed E-state index contributed by atoms with van der Waals surface area (Å²) in [6.45, 7) is 3.26. The van der Waals surface area contributed by atoms with Gasteiger partial charge in [-0.3, -0.25) is 81.7 Å². The number of carboxylic acid groups (broad SMARTS) is 4. The summed E-state index contributed by atoms with van der Waals surface area (Å²) >= 11 is 4.03. The van der Waals surface area contributed by atoms with Crippen LogP contribution in [0, 0.1) is 11.8 Å². The highest BCUT2D eigenvalue weighted by Crippen LogP contribution is 2.19. The van der Waals surface area contributed by atoms with Crippen LogP contribution in [0.4, 0.5) is 0 Å². The van der Waals surface area contributed by atoms with Gasteiger partial charge in [-0.05, 0) is 50.9 Å². The second-order valence-corrected chi connectivity index (χ2v) is 21.5. The molecule has 0 aliphatic carbocycles. The zero-order chi connectivity index (χ0) is 69.4. The number of aliphatic carboxylic acids is 4. The number of aliphatic imine (C=N–C) groups is 1. The molecular weight excluding hydrogens is 1230 g/mol. The number of hydrogen-bond donors (Lipinski definition) is 21. The number of thiol groups is 1. The molecular formula is C51H83N17O22S. The van der Waals surface area contributed by atoms with Gasteiger partial charge in [-0.2, -0.15) is 12.6 Å². The molecule has 0 unspecified atom stereocenters. The Bertz CT molecular complexity index is 2700. The third-order valence-electron chi connectivity index (χ3n) is 13.1. The number of amides is 13. The maximum atomic E-state index is 13.4. The molecule has 91 heavy (non-hydrogen) atoms. The number of nitrogens with one attached hydrogen (secondary N) is 12. The first-order valence-corrected chi connectivity index (χ1v) is 28.9. The Labute approximate surface area is 525 Å². The minimum absolute atomic E-state index is 0.0876. The number of carboxylic acids is 4. The summed E-state index contributed by atoms with van der Waals surface area (Å²) in [5.74, 6) is -21.2. The first-order valence-electron chi connectivity index (χ1n) is 28.2. The van der Waals surface area contributed by atoms with E-state index in [0.717, 1.165) is 11.8 Å². The van der Waals surface area contributed by atoms with E-state index in [-0.39, 0.29) is 31.9 Å². The van der Waals surface area contributed by atoms with Gasteiger partial charge in [0.25, 0.3) is 0 Å². The quantitative estimate of drug-likeness (QED) is 0.0117. The summed E-state index contributed by atoms with van der Waals surface area (Å²) in [4.78, 5) is 221. The minimum atomic E-state index is -2.02. The summed E-state index contributed by atoms with van der Waals surface area (Å²) in [6, 6.07) is -15.3. The number of nitrogens with two attached hydrogens (primary N) is 3. The average molecular weight is 1320 g/mol. The van der Waals surface area contributed by atoms with Crippen LogP contribution < -0.4 is 81.0 Å². The van der Waals surface area contributed by atoms with E-state index in [9.17, 15) is 107 Å². The molecule has 1 fully saturated rings. The van der Waals surface area contributed by atoms with Crippen molar-refractivity contribution in [3.05, 3.63) is 0 Å². The lowest BCUT2D eigenvalue weighted by atomic mass is 10.00. The highest BCUT2D eigenvalue weighted by Gasteiger charge is 2.38. The van der Waals surface area contributed by atoms with Gasteiger partial charge in [-0.15, -0.1) is 0 Å². The van der Waals surface area contributed by atoms with Gasteiger partial charge in [0.1, 0.15) is 54.4 Å². The van der Waals surface area contributed by atoms with Crippen molar-refractivity contribution >= 4 is 119 Å². The van der Waals surface area contributed by atoms with Crippen LogP contribution in [0.1, 0.15) is 86.0 Å². The largest absolute Gasteiger partial charge is 0.481 e. The van der Waals surface area contributed by atoms with Crippen LogP contribution >= 0.6 is 12.6 Å². The summed E-state index contributed by atoms with van der Waals surface area (Å²) in [5.41, 5.74) is 16.3. The molecule has 10 atom stereocenters. The molecule has 0 aromatic heterocycles. The van der Waals surface area contributed by atoms with Crippen molar-refractivity contribution in [2.24, 2.45) is 34.0 Å².